The van der Waals surface area contributed by atoms with Gasteiger partial charge in [-0.25, -0.2) is 4.39 Å². The van der Waals surface area contributed by atoms with E-state index in [0.29, 0.717) is 24.1 Å². The predicted octanol–water partition coefficient (Wildman–Crippen LogP) is 7.27. The summed E-state index contributed by atoms with van der Waals surface area (Å²) in [5.74, 6) is -0.228. The van der Waals surface area contributed by atoms with Gasteiger partial charge in [-0.3, -0.25) is 4.90 Å². The fourth-order valence-electron chi connectivity index (χ4n) is 3.92. The highest BCUT2D eigenvalue weighted by Gasteiger charge is 2.30. The number of halogens is 5. The Labute approximate surface area is 191 Å². The van der Waals surface area contributed by atoms with Gasteiger partial charge in [0.05, 0.1) is 5.56 Å². The lowest BCUT2D eigenvalue weighted by atomic mass is 9.97. The quantitative estimate of drug-likeness (QED) is 0.361. The van der Waals surface area contributed by atoms with E-state index in [9.17, 15) is 17.6 Å². The maximum absolute atomic E-state index is 14.6. The van der Waals surface area contributed by atoms with Gasteiger partial charge >= 0.3 is 6.18 Å². The number of nitrogens with zero attached hydrogens (tertiary/aromatic N) is 1. The molecule has 3 aromatic carbocycles. The summed E-state index contributed by atoms with van der Waals surface area (Å²) < 4.78 is 53.4. The van der Waals surface area contributed by atoms with E-state index in [4.69, 9.17) is 0 Å². The summed E-state index contributed by atoms with van der Waals surface area (Å²) in [5.41, 5.74) is 3.35. The zero-order chi connectivity index (χ0) is 21.8. The van der Waals surface area contributed by atoms with Crippen molar-refractivity contribution in [2.45, 2.75) is 19.0 Å². The smallest absolute Gasteiger partial charge is 0.299 e. The summed E-state index contributed by atoms with van der Waals surface area (Å²) in [6.45, 7) is 2.22. The van der Waals surface area contributed by atoms with Gasteiger partial charge in [-0.15, -0.1) is 12.4 Å². The Balaban J connectivity index is 0.00000289. The Morgan fingerprint density at radius 3 is 2.25 bits per heavy atom. The Morgan fingerprint density at radius 2 is 1.59 bits per heavy atom. The molecular formula is C26H24ClF4N. The van der Waals surface area contributed by atoms with Crippen LogP contribution in [0.25, 0.3) is 16.7 Å². The SMILES string of the molecule is Cl.Fc1cc(CCN2CC=C(c3cccc(C(F)(F)F)c3)CC2)ccc1-c1ccccc1. The first kappa shape index (κ1) is 24.0. The van der Waals surface area contributed by atoms with Gasteiger partial charge in [-0.05, 0) is 53.3 Å². The molecule has 0 aromatic heterocycles. The lowest BCUT2D eigenvalue weighted by Crippen LogP contribution is -2.30. The molecule has 0 unspecified atom stereocenters. The topological polar surface area (TPSA) is 3.24 Å². The van der Waals surface area contributed by atoms with Crippen LogP contribution >= 0.6 is 12.4 Å². The number of hydrogen-bond acceptors (Lipinski definition) is 1. The van der Waals surface area contributed by atoms with Gasteiger partial charge in [0.1, 0.15) is 5.82 Å². The fraction of sp³-hybridized carbons (Fsp3) is 0.231. The van der Waals surface area contributed by atoms with Gasteiger partial charge < -0.3 is 0 Å². The minimum Gasteiger partial charge on any atom is -0.299 e. The van der Waals surface area contributed by atoms with Gasteiger partial charge in [0, 0.05) is 25.2 Å². The second-order valence-electron chi connectivity index (χ2n) is 7.79. The van der Waals surface area contributed by atoms with Crippen LogP contribution in [0.1, 0.15) is 23.1 Å². The van der Waals surface area contributed by atoms with E-state index in [2.05, 4.69) is 4.90 Å². The molecule has 0 saturated carbocycles. The molecule has 0 spiro atoms. The molecule has 0 bridgehead atoms. The Hall–Kier alpha value is -2.63. The average Bonchev–Trinajstić information content (AvgIpc) is 2.78. The third-order valence-corrected chi connectivity index (χ3v) is 5.69. The largest absolute Gasteiger partial charge is 0.416 e. The molecule has 0 N–H and O–H groups in total. The highest BCUT2D eigenvalue weighted by molar-refractivity contribution is 5.85. The van der Waals surface area contributed by atoms with Crippen molar-refractivity contribution in [1.29, 1.82) is 0 Å². The van der Waals surface area contributed by atoms with Crippen molar-refractivity contribution in [3.05, 3.63) is 101 Å². The molecular weight excluding hydrogens is 438 g/mol. The molecule has 0 radical (unpaired) electrons. The lowest BCUT2D eigenvalue weighted by Gasteiger charge is -2.26. The summed E-state index contributed by atoms with van der Waals surface area (Å²) >= 11 is 0. The van der Waals surface area contributed by atoms with Crippen LogP contribution in [0.3, 0.4) is 0 Å². The van der Waals surface area contributed by atoms with Crippen LogP contribution in [0.15, 0.2) is 78.9 Å². The van der Waals surface area contributed by atoms with Crippen LogP contribution < -0.4 is 0 Å². The molecule has 1 aliphatic heterocycles. The molecule has 32 heavy (non-hydrogen) atoms. The van der Waals surface area contributed by atoms with E-state index in [0.717, 1.165) is 42.3 Å². The van der Waals surface area contributed by atoms with Crippen LogP contribution in [0.5, 0.6) is 0 Å². The van der Waals surface area contributed by atoms with Crippen molar-refractivity contribution >= 4 is 18.0 Å². The first-order valence-corrected chi connectivity index (χ1v) is 10.3. The molecule has 1 nitrogen and oxygen atoms in total. The summed E-state index contributed by atoms with van der Waals surface area (Å²) in [7, 11) is 0. The van der Waals surface area contributed by atoms with Gasteiger partial charge in [0.2, 0.25) is 0 Å². The van der Waals surface area contributed by atoms with E-state index in [1.54, 1.807) is 12.1 Å². The molecule has 0 saturated heterocycles. The Kier molecular flexibility index (Phi) is 7.75. The maximum atomic E-state index is 14.6. The van der Waals surface area contributed by atoms with Crippen molar-refractivity contribution in [3.63, 3.8) is 0 Å². The minimum absolute atomic E-state index is 0. The van der Waals surface area contributed by atoms with E-state index >= 15 is 0 Å². The molecule has 1 heterocycles. The summed E-state index contributed by atoms with van der Waals surface area (Å²) in [6.07, 6.45) is -0.915. The van der Waals surface area contributed by atoms with Gasteiger partial charge in [0.25, 0.3) is 0 Å². The maximum Gasteiger partial charge on any atom is 0.416 e. The zero-order valence-electron chi connectivity index (χ0n) is 17.4. The first-order chi connectivity index (χ1) is 14.9. The van der Waals surface area contributed by atoms with E-state index in [1.807, 2.05) is 48.5 Å². The zero-order valence-corrected chi connectivity index (χ0v) is 18.2. The molecule has 3 aromatic rings. The van der Waals surface area contributed by atoms with Crippen molar-refractivity contribution in [2.75, 3.05) is 19.6 Å². The van der Waals surface area contributed by atoms with Crippen molar-refractivity contribution in [1.82, 2.24) is 4.90 Å². The van der Waals surface area contributed by atoms with Crippen LogP contribution in [0.2, 0.25) is 0 Å². The molecule has 6 heteroatoms. The average molecular weight is 462 g/mol. The monoisotopic (exact) mass is 461 g/mol. The third-order valence-electron chi connectivity index (χ3n) is 5.69. The van der Waals surface area contributed by atoms with Crippen LogP contribution in [0, 0.1) is 5.82 Å². The van der Waals surface area contributed by atoms with Crippen LogP contribution in [-0.4, -0.2) is 24.5 Å². The molecule has 1 aliphatic rings. The van der Waals surface area contributed by atoms with E-state index in [1.165, 1.54) is 12.1 Å². The molecule has 0 amide bonds. The van der Waals surface area contributed by atoms with Crippen molar-refractivity contribution in [2.24, 2.45) is 0 Å². The second kappa shape index (κ2) is 10.3. The van der Waals surface area contributed by atoms with Crippen molar-refractivity contribution in [3.8, 4) is 11.1 Å². The van der Waals surface area contributed by atoms with Crippen LogP contribution in [-0.2, 0) is 12.6 Å². The highest BCUT2D eigenvalue weighted by atomic mass is 35.5. The highest BCUT2D eigenvalue weighted by Crippen LogP contribution is 2.32. The summed E-state index contributed by atoms with van der Waals surface area (Å²) in [6, 6.07) is 20.3. The second-order valence-corrected chi connectivity index (χ2v) is 7.79. The molecule has 4 rings (SSSR count). The normalized spacial score (nSPS) is 14.6. The Bertz CT molecular complexity index is 1080. The van der Waals surface area contributed by atoms with Crippen LogP contribution in [0.4, 0.5) is 17.6 Å². The minimum atomic E-state index is -4.33. The predicted molar refractivity (Wildman–Crippen MR) is 123 cm³/mol. The van der Waals surface area contributed by atoms with Gasteiger partial charge in [0.15, 0.2) is 0 Å². The van der Waals surface area contributed by atoms with E-state index < -0.39 is 11.7 Å². The number of benzene rings is 3. The van der Waals surface area contributed by atoms with Gasteiger partial charge in [-0.1, -0.05) is 60.7 Å². The number of alkyl halides is 3. The van der Waals surface area contributed by atoms with Gasteiger partial charge in [-0.2, -0.15) is 13.2 Å². The fourth-order valence-corrected chi connectivity index (χ4v) is 3.92. The van der Waals surface area contributed by atoms with E-state index in [-0.39, 0.29) is 18.2 Å². The molecule has 0 aliphatic carbocycles. The number of hydrogen-bond donors (Lipinski definition) is 0. The Morgan fingerprint density at radius 1 is 0.844 bits per heavy atom. The standard InChI is InChI=1S/C26H23F4N.ClH/c27-25-17-19(9-10-24(25)21-5-2-1-3-6-21)11-14-31-15-12-20(13-16-31)22-7-4-8-23(18-22)26(28,29)30;/h1-10,12,17-18H,11,13-16H2;1H. The summed E-state index contributed by atoms with van der Waals surface area (Å²) in [4.78, 5) is 2.24. The number of rotatable bonds is 5. The molecule has 0 fully saturated rings. The lowest BCUT2D eigenvalue weighted by molar-refractivity contribution is -0.137. The summed E-state index contributed by atoms with van der Waals surface area (Å²) in [5, 5.41) is 0. The third kappa shape index (κ3) is 5.78. The first-order valence-electron chi connectivity index (χ1n) is 10.3. The molecule has 0 atom stereocenters. The molecule has 168 valence electrons. The van der Waals surface area contributed by atoms with Crippen molar-refractivity contribution < 1.29 is 17.6 Å².